The van der Waals surface area contributed by atoms with Crippen LogP contribution >= 0.6 is 0 Å². The molecule has 0 aromatic carbocycles. The molecule has 6 heteroatoms. The van der Waals surface area contributed by atoms with Crippen LogP contribution in [0.2, 0.25) is 0 Å². The molecule has 29 heavy (non-hydrogen) atoms. The summed E-state index contributed by atoms with van der Waals surface area (Å²) in [5, 5.41) is 0. The molecule has 0 rings (SSSR count). The third-order valence-corrected chi connectivity index (χ3v) is 7.12. The standard InChI is InChI=1S/C23H46O5Si/c1-6-9-12-15-18-26-29(21-25-23(24)22(4)5,27-19-16-13-10-7-2)28-20-17-14-11-8-3/h4,6-21H2,1-3,5H3. The van der Waals surface area contributed by atoms with E-state index in [0.29, 0.717) is 25.4 Å². The van der Waals surface area contributed by atoms with Gasteiger partial charge in [0, 0.05) is 25.4 Å². The molecule has 0 bridgehead atoms. The zero-order valence-corrected chi connectivity index (χ0v) is 20.6. The van der Waals surface area contributed by atoms with Crippen molar-refractivity contribution in [2.24, 2.45) is 0 Å². The van der Waals surface area contributed by atoms with Crippen LogP contribution in [0.1, 0.15) is 105 Å². The Labute approximate surface area is 180 Å². The van der Waals surface area contributed by atoms with Crippen LogP contribution in [-0.2, 0) is 22.8 Å². The van der Waals surface area contributed by atoms with E-state index in [1.807, 2.05) is 0 Å². The van der Waals surface area contributed by atoms with Crippen molar-refractivity contribution in [2.45, 2.75) is 105 Å². The van der Waals surface area contributed by atoms with Crippen molar-refractivity contribution in [1.29, 1.82) is 0 Å². The Kier molecular flexibility index (Phi) is 18.8. The number of hydrogen-bond acceptors (Lipinski definition) is 5. The van der Waals surface area contributed by atoms with E-state index in [1.54, 1.807) is 6.92 Å². The average molecular weight is 431 g/mol. The summed E-state index contributed by atoms with van der Waals surface area (Å²) >= 11 is 0. The molecule has 0 N–H and O–H groups in total. The summed E-state index contributed by atoms with van der Waals surface area (Å²) in [5.74, 6) is -0.416. The Morgan fingerprint density at radius 1 is 0.690 bits per heavy atom. The Bertz CT molecular complexity index is 378. The minimum Gasteiger partial charge on any atom is -0.458 e. The maximum absolute atomic E-state index is 12.0. The first-order valence-electron chi connectivity index (χ1n) is 11.8. The highest BCUT2D eigenvalue weighted by Crippen LogP contribution is 2.16. The molecule has 172 valence electrons. The highest BCUT2D eigenvalue weighted by atomic mass is 28.4. The minimum absolute atomic E-state index is 0.0635. The molecule has 0 aliphatic rings. The van der Waals surface area contributed by atoms with Crippen LogP contribution in [0.4, 0.5) is 0 Å². The van der Waals surface area contributed by atoms with Gasteiger partial charge in [-0.25, -0.2) is 4.79 Å². The third-order valence-electron chi connectivity index (χ3n) is 4.69. The molecule has 0 atom stereocenters. The Morgan fingerprint density at radius 3 is 1.38 bits per heavy atom. The minimum atomic E-state index is -3.07. The van der Waals surface area contributed by atoms with Gasteiger partial charge in [-0.3, -0.25) is 0 Å². The van der Waals surface area contributed by atoms with E-state index in [1.165, 1.54) is 38.5 Å². The molecule has 0 aliphatic heterocycles. The molecule has 0 aromatic rings. The lowest BCUT2D eigenvalue weighted by Gasteiger charge is -2.29. The topological polar surface area (TPSA) is 54.0 Å². The van der Waals surface area contributed by atoms with E-state index >= 15 is 0 Å². The molecule has 5 nitrogen and oxygen atoms in total. The Morgan fingerprint density at radius 2 is 1.07 bits per heavy atom. The third kappa shape index (κ3) is 15.8. The molecule has 0 aliphatic carbocycles. The second-order valence-electron chi connectivity index (χ2n) is 7.77. The van der Waals surface area contributed by atoms with Crippen molar-refractivity contribution in [3.05, 3.63) is 12.2 Å². The van der Waals surface area contributed by atoms with Crippen molar-refractivity contribution in [2.75, 3.05) is 26.1 Å². The normalized spacial score (nSPS) is 11.6. The van der Waals surface area contributed by atoms with Gasteiger partial charge in [-0.1, -0.05) is 85.1 Å². The predicted molar refractivity (Wildman–Crippen MR) is 122 cm³/mol. The molecule has 0 saturated carbocycles. The van der Waals surface area contributed by atoms with E-state index in [9.17, 15) is 4.79 Å². The number of carbonyl (C=O) groups excluding carboxylic acids is 1. The second-order valence-corrected chi connectivity index (χ2v) is 10.3. The zero-order valence-electron chi connectivity index (χ0n) is 19.6. The van der Waals surface area contributed by atoms with E-state index in [0.717, 1.165) is 38.5 Å². The highest BCUT2D eigenvalue weighted by Gasteiger charge is 2.43. The van der Waals surface area contributed by atoms with Crippen LogP contribution in [0.3, 0.4) is 0 Å². The zero-order chi connectivity index (χ0) is 21.8. The fourth-order valence-electron chi connectivity index (χ4n) is 2.80. The maximum atomic E-state index is 12.0. The largest absolute Gasteiger partial charge is 0.540 e. The number of ether oxygens (including phenoxy) is 1. The van der Waals surface area contributed by atoms with E-state index in [4.69, 9.17) is 18.0 Å². The van der Waals surface area contributed by atoms with Crippen molar-refractivity contribution < 1.29 is 22.8 Å². The second kappa shape index (κ2) is 19.3. The van der Waals surface area contributed by atoms with Gasteiger partial charge in [-0.2, -0.15) is 0 Å². The summed E-state index contributed by atoms with van der Waals surface area (Å²) < 4.78 is 24.1. The van der Waals surface area contributed by atoms with Gasteiger partial charge in [-0.15, -0.1) is 0 Å². The van der Waals surface area contributed by atoms with Gasteiger partial charge in [0.05, 0.1) is 0 Å². The molecular weight excluding hydrogens is 384 g/mol. The molecule has 0 aromatic heterocycles. The molecule has 0 amide bonds. The van der Waals surface area contributed by atoms with Gasteiger partial charge in [-0.05, 0) is 26.2 Å². The van der Waals surface area contributed by atoms with Gasteiger partial charge < -0.3 is 18.0 Å². The molecule has 0 saturated heterocycles. The van der Waals surface area contributed by atoms with E-state index in [2.05, 4.69) is 27.4 Å². The van der Waals surface area contributed by atoms with Crippen molar-refractivity contribution in [3.63, 3.8) is 0 Å². The number of rotatable bonds is 21. The Balaban J connectivity index is 4.91. The van der Waals surface area contributed by atoms with Crippen molar-refractivity contribution >= 4 is 14.8 Å². The SMILES string of the molecule is C=C(C)C(=O)OC[Si](OCCCCCC)(OCCCCCC)OCCCCCC. The van der Waals surface area contributed by atoms with Crippen molar-refractivity contribution in [3.8, 4) is 0 Å². The van der Waals surface area contributed by atoms with Crippen LogP contribution < -0.4 is 0 Å². The summed E-state index contributed by atoms with van der Waals surface area (Å²) in [4.78, 5) is 12.0. The molecule has 0 spiro atoms. The van der Waals surface area contributed by atoms with Crippen LogP contribution in [-0.4, -0.2) is 40.8 Å². The summed E-state index contributed by atoms with van der Waals surface area (Å²) in [6.45, 7) is 13.6. The first kappa shape index (κ1) is 28.3. The summed E-state index contributed by atoms with van der Waals surface area (Å²) in [7, 11) is -3.07. The average Bonchev–Trinajstić information content (AvgIpc) is 2.71. The molecule has 0 unspecified atom stereocenters. The van der Waals surface area contributed by atoms with Crippen LogP contribution in [0.5, 0.6) is 0 Å². The first-order valence-corrected chi connectivity index (χ1v) is 13.7. The van der Waals surface area contributed by atoms with Crippen molar-refractivity contribution in [1.82, 2.24) is 0 Å². The summed E-state index contributed by atoms with van der Waals surface area (Å²) in [6.07, 6.45) is 13.5. The monoisotopic (exact) mass is 430 g/mol. The fraction of sp³-hybridized carbons (Fsp3) is 0.870. The fourth-order valence-corrected chi connectivity index (χ4v) is 4.97. The van der Waals surface area contributed by atoms with E-state index in [-0.39, 0.29) is 6.23 Å². The van der Waals surface area contributed by atoms with Gasteiger partial charge in [0.2, 0.25) is 0 Å². The first-order chi connectivity index (χ1) is 14.0. The molecule has 0 heterocycles. The number of carbonyl (C=O) groups is 1. The van der Waals surface area contributed by atoms with Gasteiger partial charge in [0.15, 0.2) is 6.23 Å². The van der Waals surface area contributed by atoms with Crippen LogP contribution in [0.25, 0.3) is 0 Å². The van der Waals surface area contributed by atoms with Crippen LogP contribution in [0.15, 0.2) is 12.2 Å². The van der Waals surface area contributed by atoms with Gasteiger partial charge >= 0.3 is 14.8 Å². The maximum Gasteiger partial charge on any atom is 0.540 e. The lowest BCUT2D eigenvalue weighted by atomic mass is 10.2. The quantitative estimate of drug-likeness (QED) is 0.0916. The molecular formula is C23H46O5Si. The van der Waals surface area contributed by atoms with Gasteiger partial charge in [0.1, 0.15) is 0 Å². The number of esters is 1. The molecule has 0 fully saturated rings. The van der Waals surface area contributed by atoms with Gasteiger partial charge in [0.25, 0.3) is 0 Å². The molecule has 0 radical (unpaired) electrons. The Hall–Kier alpha value is -0.693. The summed E-state index contributed by atoms with van der Waals surface area (Å²) in [6, 6.07) is 0. The summed E-state index contributed by atoms with van der Waals surface area (Å²) in [5.41, 5.74) is 0.377. The smallest absolute Gasteiger partial charge is 0.458 e. The van der Waals surface area contributed by atoms with Crippen LogP contribution in [0, 0.1) is 0 Å². The number of unbranched alkanes of at least 4 members (excludes halogenated alkanes) is 9. The van der Waals surface area contributed by atoms with E-state index < -0.39 is 14.8 Å². The lowest BCUT2D eigenvalue weighted by Crippen LogP contribution is -2.52. The number of hydrogen-bond donors (Lipinski definition) is 0. The lowest BCUT2D eigenvalue weighted by molar-refractivity contribution is -0.139. The highest BCUT2D eigenvalue weighted by molar-refractivity contribution is 6.60. The predicted octanol–water partition coefficient (Wildman–Crippen LogP) is 6.37.